The Morgan fingerprint density at radius 1 is 1.00 bits per heavy atom. The van der Waals surface area contributed by atoms with Gasteiger partial charge in [0.25, 0.3) is 0 Å². The highest BCUT2D eigenvalue weighted by Gasteiger charge is 2.23. The van der Waals surface area contributed by atoms with Gasteiger partial charge in [-0.2, -0.15) is 10.1 Å². The van der Waals surface area contributed by atoms with Crippen LogP contribution in [0.15, 0.2) is 91.3 Å². The maximum Gasteiger partial charge on any atom is 0.337 e. The summed E-state index contributed by atoms with van der Waals surface area (Å²) in [5.41, 5.74) is 4.65. The molecule has 164 valence electrons. The number of hydrogen-bond donors (Lipinski definition) is 1. The third kappa shape index (κ3) is 4.34. The molecule has 1 aromatic heterocycles. The molecule has 2 heterocycles. The van der Waals surface area contributed by atoms with E-state index < -0.39 is 0 Å². The number of benzene rings is 3. The monoisotopic (exact) mass is 438 g/mol. The highest BCUT2D eigenvalue weighted by Crippen LogP contribution is 2.32. The molecule has 0 radical (unpaired) electrons. The fraction of sp³-hybridized carbons (Fsp3) is 0.115. The van der Waals surface area contributed by atoms with Gasteiger partial charge in [-0.05, 0) is 47.0 Å². The first-order valence-electron chi connectivity index (χ1n) is 10.5. The molecule has 0 unspecified atom stereocenters. The third-order valence-electron chi connectivity index (χ3n) is 5.49. The zero-order valence-corrected chi connectivity index (χ0v) is 18.0. The third-order valence-corrected chi connectivity index (χ3v) is 5.49. The SMILES string of the molecule is COC(=O)c1ccc(COc2ccc([C@H]3C=C(c4ccccc4)Nc4ncnn43)cc2)cc1. The Bertz CT molecular complexity index is 1280. The van der Waals surface area contributed by atoms with Crippen LogP contribution in [-0.2, 0) is 11.3 Å². The van der Waals surface area contributed by atoms with Gasteiger partial charge in [0.05, 0.1) is 12.7 Å². The molecule has 0 saturated heterocycles. The van der Waals surface area contributed by atoms with Gasteiger partial charge in [-0.1, -0.05) is 54.6 Å². The summed E-state index contributed by atoms with van der Waals surface area (Å²) in [7, 11) is 1.37. The summed E-state index contributed by atoms with van der Waals surface area (Å²) >= 11 is 0. The maximum atomic E-state index is 11.6. The maximum absolute atomic E-state index is 11.6. The van der Waals surface area contributed by atoms with Crippen molar-refractivity contribution in [2.45, 2.75) is 12.6 Å². The van der Waals surface area contributed by atoms with E-state index in [1.807, 2.05) is 59.3 Å². The van der Waals surface area contributed by atoms with E-state index in [1.54, 1.807) is 18.5 Å². The van der Waals surface area contributed by atoms with Gasteiger partial charge in [0.2, 0.25) is 5.95 Å². The van der Waals surface area contributed by atoms with Crippen LogP contribution in [0.2, 0.25) is 0 Å². The summed E-state index contributed by atoms with van der Waals surface area (Å²) in [6.45, 7) is 0.402. The minimum Gasteiger partial charge on any atom is -0.489 e. The van der Waals surface area contributed by atoms with Crippen LogP contribution < -0.4 is 10.1 Å². The second-order valence-electron chi connectivity index (χ2n) is 7.59. The molecule has 0 bridgehead atoms. The molecule has 0 fully saturated rings. The fourth-order valence-electron chi connectivity index (χ4n) is 3.74. The molecule has 0 saturated carbocycles. The van der Waals surface area contributed by atoms with Crippen LogP contribution in [0.1, 0.15) is 33.1 Å². The number of carbonyl (C=O) groups is 1. The van der Waals surface area contributed by atoms with Crippen molar-refractivity contribution < 1.29 is 14.3 Å². The first-order chi connectivity index (χ1) is 16.2. The number of methoxy groups -OCH3 is 1. The van der Waals surface area contributed by atoms with Crippen molar-refractivity contribution in [1.82, 2.24) is 14.8 Å². The summed E-state index contributed by atoms with van der Waals surface area (Å²) in [5, 5.41) is 7.76. The first kappa shape index (κ1) is 20.5. The number of aromatic nitrogens is 3. The molecule has 7 nitrogen and oxygen atoms in total. The number of nitrogens with zero attached hydrogens (tertiary/aromatic N) is 3. The zero-order valence-electron chi connectivity index (χ0n) is 18.0. The average molecular weight is 438 g/mol. The fourth-order valence-corrected chi connectivity index (χ4v) is 3.74. The summed E-state index contributed by atoms with van der Waals surface area (Å²) < 4.78 is 12.5. The molecule has 0 spiro atoms. The average Bonchev–Trinajstić information content (AvgIpc) is 3.36. The van der Waals surface area contributed by atoms with Crippen molar-refractivity contribution in [1.29, 1.82) is 0 Å². The van der Waals surface area contributed by atoms with Crippen molar-refractivity contribution in [3.05, 3.63) is 114 Å². The molecule has 7 heteroatoms. The van der Waals surface area contributed by atoms with Gasteiger partial charge in [0, 0.05) is 5.70 Å². The van der Waals surface area contributed by atoms with E-state index in [2.05, 4.69) is 33.6 Å². The van der Waals surface area contributed by atoms with E-state index in [1.165, 1.54) is 7.11 Å². The van der Waals surface area contributed by atoms with Gasteiger partial charge in [-0.25, -0.2) is 9.48 Å². The van der Waals surface area contributed by atoms with Crippen LogP contribution in [0.5, 0.6) is 5.75 Å². The molecule has 5 rings (SSSR count). The molecule has 1 N–H and O–H groups in total. The number of rotatable bonds is 6. The van der Waals surface area contributed by atoms with Crippen LogP contribution in [0.4, 0.5) is 5.95 Å². The lowest BCUT2D eigenvalue weighted by Gasteiger charge is -2.24. The van der Waals surface area contributed by atoms with E-state index in [-0.39, 0.29) is 12.0 Å². The van der Waals surface area contributed by atoms with Crippen LogP contribution in [0.3, 0.4) is 0 Å². The second kappa shape index (κ2) is 9.00. The number of anilines is 1. The van der Waals surface area contributed by atoms with Gasteiger partial charge in [0.15, 0.2) is 0 Å². The van der Waals surface area contributed by atoms with E-state index in [4.69, 9.17) is 9.47 Å². The Morgan fingerprint density at radius 2 is 1.76 bits per heavy atom. The molecule has 0 amide bonds. The second-order valence-corrected chi connectivity index (χ2v) is 7.59. The van der Waals surface area contributed by atoms with Gasteiger partial charge in [-0.3, -0.25) is 0 Å². The lowest BCUT2D eigenvalue weighted by Crippen LogP contribution is -2.20. The molecule has 1 atom stereocenters. The zero-order chi connectivity index (χ0) is 22.6. The lowest BCUT2D eigenvalue weighted by molar-refractivity contribution is 0.0600. The molecule has 3 aromatic carbocycles. The van der Waals surface area contributed by atoms with Gasteiger partial charge in [-0.15, -0.1) is 0 Å². The Labute approximate surface area is 191 Å². The molecule has 33 heavy (non-hydrogen) atoms. The molecular formula is C26H22N4O3. The molecule has 4 aromatic rings. The van der Waals surface area contributed by atoms with Gasteiger partial charge < -0.3 is 14.8 Å². The number of nitrogens with one attached hydrogen (secondary N) is 1. The van der Waals surface area contributed by atoms with E-state index in [0.717, 1.165) is 28.1 Å². The normalized spacial score (nSPS) is 14.6. The van der Waals surface area contributed by atoms with Crippen LogP contribution in [0, 0.1) is 0 Å². The largest absolute Gasteiger partial charge is 0.489 e. The lowest BCUT2D eigenvalue weighted by atomic mass is 10.0. The Morgan fingerprint density at radius 3 is 2.48 bits per heavy atom. The standard InChI is InChI=1S/C26H22N4O3/c1-32-25(31)21-9-7-18(8-10-21)16-33-22-13-11-20(12-14-22)24-15-23(19-5-3-2-4-6-19)29-26-27-17-28-30(24)26/h2-15,17,24H,16H2,1H3,(H,27,28,29)/t24-/m1/s1. The van der Waals surface area contributed by atoms with Gasteiger partial charge in [0.1, 0.15) is 24.7 Å². The van der Waals surface area contributed by atoms with Crippen molar-refractivity contribution in [2.24, 2.45) is 0 Å². The molecule has 1 aliphatic heterocycles. The Hall–Kier alpha value is -4.39. The predicted molar refractivity (Wildman–Crippen MR) is 125 cm³/mol. The van der Waals surface area contributed by atoms with Crippen molar-refractivity contribution >= 4 is 17.6 Å². The Balaban J connectivity index is 1.32. The highest BCUT2D eigenvalue weighted by molar-refractivity contribution is 5.89. The minimum absolute atomic E-state index is 0.0844. The number of allylic oxidation sites excluding steroid dienone is 1. The van der Waals surface area contributed by atoms with Crippen molar-refractivity contribution in [2.75, 3.05) is 12.4 Å². The van der Waals surface area contributed by atoms with E-state index in [0.29, 0.717) is 18.1 Å². The topological polar surface area (TPSA) is 78.3 Å². The van der Waals surface area contributed by atoms with Crippen molar-refractivity contribution in [3.63, 3.8) is 0 Å². The summed E-state index contributed by atoms with van der Waals surface area (Å²) in [4.78, 5) is 15.9. The molecule has 0 aliphatic carbocycles. The van der Waals surface area contributed by atoms with Gasteiger partial charge >= 0.3 is 5.97 Å². The number of hydrogen-bond acceptors (Lipinski definition) is 6. The number of esters is 1. The van der Waals surface area contributed by atoms with Crippen LogP contribution in [-0.4, -0.2) is 27.8 Å². The summed E-state index contributed by atoms with van der Waals surface area (Å²) in [6, 6.07) is 25.2. The Kier molecular flexibility index (Phi) is 5.59. The molecule has 1 aliphatic rings. The smallest absolute Gasteiger partial charge is 0.337 e. The number of carbonyl (C=O) groups excluding carboxylic acids is 1. The van der Waals surface area contributed by atoms with Crippen LogP contribution >= 0.6 is 0 Å². The summed E-state index contributed by atoms with van der Waals surface area (Å²) in [6.07, 6.45) is 3.70. The number of ether oxygens (including phenoxy) is 2. The van der Waals surface area contributed by atoms with Crippen LogP contribution in [0.25, 0.3) is 5.70 Å². The van der Waals surface area contributed by atoms with E-state index in [9.17, 15) is 4.79 Å². The highest BCUT2D eigenvalue weighted by atomic mass is 16.5. The summed E-state index contributed by atoms with van der Waals surface area (Å²) in [5.74, 6) is 1.11. The predicted octanol–water partition coefficient (Wildman–Crippen LogP) is 4.70. The molecular weight excluding hydrogens is 416 g/mol. The first-order valence-corrected chi connectivity index (χ1v) is 10.5. The van der Waals surface area contributed by atoms with Crippen molar-refractivity contribution in [3.8, 4) is 5.75 Å². The minimum atomic E-state index is -0.351. The van der Waals surface area contributed by atoms with E-state index >= 15 is 0 Å². The quantitative estimate of drug-likeness (QED) is 0.440. The number of fused-ring (bicyclic) bond motifs is 1.